The zero-order valence-corrected chi connectivity index (χ0v) is 12.4. The van der Waals surface area contributed by atoms with E-state index in [2.05, 4.69) is 25.1 Å². The second-order valence-corrected chi connectivity index (χ2v) is 5.37. The molecule has 0 aliphatic carbocycles. The number of nitrogens with one attached hydrogen (secondary N) is 1. The third-order valence-corrected chi connectivity index (χ3v) is 3.91. The van der Waals surface area contributed by atoms with Gasteiger partial charge in [0.05, 0.1) is 6.54 Å². The van der Waals surface area contributed by atoms with E-state index >= 15 is 0 Å². The second kappa shape index (κ2) is 5.68. The number of rotatable bonds is 4. The quantitative estimate of drug-likeness (QED) is 0.794. The Hall–Kier alpha value is -2.96. The molecule has 7 nitrogen and oxygen atoms in total. The summed E-state index contributed by atoms with van der Waals surface area (Å²) in [4.78, 5) is 16.4. The summed E-state index contributed by atoms with van der Waals surface area (Å²) in [6.45, 7) is 1.24. The minimum absolute atomic E-state index is 0.275. The number of aryl methyl sites for hydroxylation is 1. The third kappa shape index (κ3) is 2.50. The molecular weight excluding hydrogens is 294 g/mol. The molecule has 1 amide bonds. The van der Waals surface area contributed by atoms with Crippen molar-refractivity contribution in [3.8, 4) is 11.3 Å². The number of hydrogen-bond acceptors (Lipinski definition) is 5. The predicted molar refractivity (Wildman–Crippen MR) is 81.5 cm³/mol. The van der Waals surface area contributed by atoms with Crippen molar-refractivity contribution >= 4 is 5.91 Å². The Morgan fingerprint density at radius 1 is 1.26 bits per heavy atom. The standard InChI is InChI=1S/C16H15N5O2/c22-16(17-9-13-20-19-12-7-4-8-21(12)13)14-15(23-10-18-14)11-5-2-1-3-6-11/h1-3,5-6,10H,4,7-9H2,(H,17,22). The maximum absolute atomic E-state index is 12.4. The van der Waals surface area contributed by atoms with Crippen molar-refractivity contribution in [1.29, 1.82) is 0 Å². The molecule has 7 heteroatoms. The first-order valence-corrected chi connectivity index (χ1v) is 7.51. The highest BCUT2D eigenvalue weighted by Gasteiger charge is 2.20. The van der Waals surface area contributed by atoms with Crippen LogP contribution in [0.2, 0.25) is 0 Å². The SMILES string of the molecule is O=C(NCc1nnc2n1CCC2)c1ncoc1-c1ccccc1. The fraction of sp³-hybridized carbons (Fsp3) is 0.250. The number of nitrogens with zero attached hydrogens (tertiary/aromatic N) is 4. The molecule has 0 spiro atoms. The maximum Gasteiger partial charge on any atom is 0.274 e. The van der Waals surface area contributed by atoms with Crippen LogP contribution < -0.4 is 5.32 Å². The van der Waals surface area contributed by atoms with E-state index in [1.807, 2.05) is 30.3 Å². The molecule has 1 aliphatic heterocycles. The average Bonchev–Trinajstić information content (AvgIpc) is 3.30. The van der Waals surface area contributed by atoms with Gasteiger partial charge in [0.15, 0.2) is 23.7 Å². The van der Waals surface area contributed by atoms with Crippen LogP contribution in [0.25, 0.3) is 11.3 Å². The van der Waals surface area contributed by atoms with Gasteiger partial charge in [0.2, 0.25) is 0 Å². The monoisotopic (exact) mass is 309 g/mol. The van der Waals surface area contributed by atoms with Crippen LogP contribution in [0, 0.1) is 0 Å². The van der Waals surface area contributed by atoms with E-state index in [1.165, 1.54) is 6.39 Å². The van der Waals surface area contributed by atoms with Crippen molar-refractivity contribution in [2.45, 2.75) is 25.9 Å². The molecule has 1 aliphatic rings. The topological polar surface area (TPSA) is 85.8 Å². The van der Waals surface area contributed by atoms with Crippen molar-refractivity contribution in [2.24, 2.45) is 0 Å². The van der Waals surface area contributed by atoms with E-state index in [9.17, 15) is 4.79 Å². The minimum atomic E-state index is -0.284. The van der Waals surface area contributed by atoms with Crippen LogP contribution in [0.15, 0.2) is 41.1 Å². The lowest BCUT2D eigenvalue weighted by Crippen LogP contribution is -2.25. The Kier molecular flexibility index (Phi) is 3.38. The largest absolute Gasteiger partial charge is 0.443 e. The first-order valence-electron chi connectivity index (χ1n) is 7.51. The molecule has 0 fully saturated rings. The Labute approximate surface area is 132 Å². The van der Waals surface area contributed by atoms with Crippen molar-refractivity contribution < 1.29 is 9.21 Å². The summed E-state index contributed by atoms with van der Waals surface area (Å²) in [7, 11) is 0. The molecule has 0 bridgehead atoms. The first-order chi connectivity index (χ1) is 11.3. The summed E-state index contributed by atoms with van der Waals surface area (Å²) in [5.41, 5.74) is 1.09. The van der Waals surface area contributed by atoms with Crippen LogP contribution in [0.3, 0.4) is 0 Å². The number of fused-ring (bicyclic) bond motifs is 1. The van der Waals surface area contributed by atoms with Gasteiger partial charge in [-0.15, -0.1) is 10.2 Å². The third-order valence-electron chi connectivity index (χ3n) is 3.91. The minimum Gasteiger partial charge on any atom is -0.443 e. The van der Waals surface area contributed by atoms with E-state index in [0.29, 0.717) is 12.3 Å². The molecule has 0 atom stereocenters. The maximum atomic E-state index is 12.4. The second-order valence-electron chi connectivity index (χ2n) is 5.37. The number of aromatic nitrogens is 4. The van der Waals surface area contributed by atoms with Crippen LogP contribution in [0.5, 0.6) is 0 Å². The summed E-state index contributed by atoms with van der Waals surface area (Å²) in [5, 5.41) is 11.1. The Morgan fingerprint density at radius 2 is 2.13 bits per heavy atom. The summed E-state index contributed by atoms with van der Waals surface area (Å²) in [5.74, 6) is 1.94. The van der Waals surface area contributed by atoms with Gasteiger partial charge in [0.1, 0.15) is 5.82 Å². The Morgan fingerprint density at radius 3 is 3.00 bits per heavy atom. The summed E-state index contributed by atoms with van der Waals surface area (Å²) < 4.78 is 7.43. The van der Waals surface area contributed by atoms with Gasteiger partial charge in [-0.3, -0.25) is 4.79 Å². The molecule has 23 heavy (non-hydrogen) atoms. The number of benzene rings is 1. The van der Waals surface area contributed by atoms with Crippen molar-refractivity contribution in [2.75, 3.05) is 0 Å². The smallest absolute Gasteiger partial charge is 0.274 e. The Bertz CT molecular complexity index is 837. The number of amides is 1. The van der Waals surface area contributed by atoms with Crippen LogP contribution in [0.4, 0.5) is 0 Å². The van der Waals surface area contributed by atoms with Crippen LogP contribution >= 0.6 is 0 Å². The Balaban J connectivity index is 1.51. The number of carbonyl (C=O) groups is 1. The molecule has 1 aromatic carbocycles. The molecule has 1 N–H and O–H groups in total. The lowest BCUT2D eigenvalue weighted by molar-refractivity contribution is 0.0945. The van der Waals surface area contributed by atoms with Crippen LogP contribution in [0.1, 0.15) is 28.6 Å². The molecule has 4 rings (SSSR count). The average molecular weight is 309 g/mol. The molecule has 116 valence electrons. The molecule has 3 aromatic rings. The van der Waals surface area contributed by atoms with Crippen LogP contribution in [-0.2, 0) is 19.5 Å². The van der Waals surface area contributed by atoms with Crippen molar-refractivity contribution in [3.05, 3.63) is 54.1 Å². The van der Waals surface area contributed by atoms with Crippen molar-refractivity contribution in [1.82, 2.24) is 25.1 Å². The van der Waals surface area contributed by atoms with Gasteiger partial charge in [-0.05, 0) is 6.42 Å². The number of carbonyl (C=O) groups excluding carboxylic acids is 1. The fourth-order valence-corrected chi connectivity index (χ4v) is 2.79. The van der Waals surface area contributed by atoms with E-state index in [-0.39, 0.29) is 11.6 Å². The number of hydrogen-bond donors (Lipinski definition) is 1. The van der Waals surface area contributed by atoms with Gasteiger partial charge < -0.3 is 14.3 Å². The lowest BCUT2D eigenvalue weighted by atomic mass is 10.1. The predicted octanol–water partition coefficient (Wildman–Crippen LogP) is 1.81. The van der Waals surface area contributed by atoms with Gasteiger partial charge in [0, 0.05) is 18.5 Å². The zero-order valence-electron chi connectivity index (χ0n) is 12.4. The molecule has 0 unspecified atom stereocenters. The van der Waals surface area contributed by atoms with E-state index in [4.69, 9.17) is 4.42 Å². The van der Waals surface area contributed by atoms with E-state index in [1.54, 1.807) is 0 Å². The van der Waals surface area contributed by atoms with Gasteiger partial charge in [-0.2, -0.15) is 0 Å². The normalized spacial score (nSPS) is 13.0. The number of oxazole rings is 1. The van der Waals surface area contributed by atoms with E-state index in [0.717, 1.165) is 36.6 Å². The molecule has 0 radical (unpaired) electrons. The van der Waals surface area contributed by atoms with Crippen LogP contribution in [-0.4, -0.2) is 25.7 Å². The van der Waals surface area contributed by atoms with Gasteiger partial charge in [-0.1, -0.05) is 30.3 Å². The highest BCUT2D eigenvalue weighted by molar-refractivity contribution is 5.97. The molecular formula is C16H15N5O2. The zero-order chi connectivity index (χ0) is 15.6. The summed E-state index contributed by atoms with van der Waals surface area (Å²) in [6, 6.07) is 9.44. The molecule has 0 saturated heterocycles. The lowest BCUT2D eigenvalue weighted by Gasteiger charge is -2.05. The molecule has 0 saturated carbocycles. The van der Waals surface area contributed by atoms with Gasteiger partial charge in [-0.25, -0.2) is 4.98 Å². The molecule has 3 heterocycles. The van der Waals surface area contributed by atoms with Crippen molar-refractivity contribution in [3.63, 3.8) is 0 Å². The highest BCUT2D eigenvalue weighted by atomic mass is 16.3. The van der Waals surface area contributed by atoms with Gasteiger partial charge in [0.25, 0.3) is 5.91 Å². The summed E-state index contributed by atoms with van der Waals surface area (Å²) in [6.07, 6.45) is 3.31. The van der Waals surface area contributed by atoms with E-state index < -0.39 is 0 Å². The highest BCUT2D eigenvalue weighted by Crippen LogP contribution is 2.22. The molecule has 2 aromatic heterocycles. The summed E-state index contributed by atoms with van der Waals surface area (Å²) >= 11 is 0. The first kappa shape index (κ1) is 13.7. The fourth-order valence-electron chi connectivity index (χ4n) is 2.79. The van der Waals surface area contributed by atoms with Gasteiger partial charge >= 0.3 is 0 Å².